The molecule has 2 aromatic heterocycles. The zero-order chi connectivity index (χ0) is 18.8. The number of hydrogen-bond donors (Lipinski definition) is 1. The normalized spacial score (nSPS) is 18.7. The summed E-state index contributed by atoms with van der Waals surface area (Å²) in [4.78, 5) is 19.4. The monoisotopic (exact) mass is 383 g/mol. The standard InChI is InChI=1S/C20H22ClN5O/c1-15-11-26(23-20(27)16-5-3-2-4-6-16)10-9-24(15)13-18-14-25-12-17(21)7-8-19(25)22-18/h2-8,12,14-15H,9-11,13H2,1H3,(H,23,27). The number of piperazine rings is 1. The molecule has 1 aliphatic rings. The highest BCUT2D eigenvalue weighted by molar-refractivity contribution is 6.30. The molecule has 1 saturated heterocycles. The van der Waals surface area contributed by atoms with E-state index in [9.17, 15) is 4.79 Å². The van der Waals surface area contributed by atoms with Crippen molar-refractivity contribution in [2.24, 2.45) is 0 Å². The van der Waals surface area contributed by atoms with Crippen LogP contribution < -0.4 is 5.43 Å². The van der Waals surface area contributed by atoms with E-state index < -0.39 is 0 Å². The van der Waals surface area contributed by atoms with Crippen molar-refractivity contribution in [3.8, 4) is 0 Å². The second-order valence-corrected chi connectivity index (χ2v) is 7.35. The first-order valence-corrected chi connectivity index (χ1v) is 9.44. The molecule has 7 heteroatoms. The van der Waals surface area contributed by atoms with E-state index in [4.69, 9.17) is 11.6 Å². The zero-order valence-electron chi connectivity index (χ0n) is 15.2. The predicted molar refractivity (Wildman–Crippen MR) is 106 cm³/mol. The Morgan fingerprint density at radius 1 is 1.19 bits per heavy atom. The molecule has 0 radical (unpaired) electrons. The van der Waals surface area contributed by atoms with Gasteiger partial charge in [-0.25, -0.2) is 9.99 Å². The van der Waals surface area contributed by atoms with Gasteiger partial charge in [0.1, 0.15) is 5.65 Å². The number of amides is 1. The minimum Gasteiger partial charge on any atom is -0.305 e. The number of aromatic nitrogens is 2. The highest BCUT2D eigenvalue weighted by atomic mass is 35.5. The van der Waals surface area contributed by atoms with E-state index in [0.717, 1.165) is 37.5 Å². The van der Waals surface area contributed by atoms with Gasteiger partial charge in [0.2, 0.25) is 0 Å². The zero-order valence-corrected chi connectivity index (χ0v) is 15.9. The highest BCUT2D eigenvalue weighted by Crippen LogP contribution is 2.16. The molecule has 1 atom stereocenters. The number of carbonyl (C=O) groups is 1. The molecule has 0 aliphatic carbocycles. The molecule has 0 saturated carbocycles. The number of benzene rings is 1. The number of hydrazine groups is 1. The maximum absolute atomic E-state index is 12.3. The summed E-state index contributed by atoms with van der Waals surface area (Å²) in [5.74, 6) is -0.0616. The van der Waals surface area contributed by atoms with E-state index in [1.165, 1.54) is 0 Å². The van der Waals surface area contributed by atoms with Crippen molar-refractivity contribution in [3.05, 3.63) is 71.1 Å². The smallest absolute Gasteiger partial charge is 0.265 e. The van der Waals surface area contributed by atoms with Gasteiger partial charge in [-0.05, 0) is 31.2 Å². The summed E-state index contributed by atoms with van der Waals surface area (Å²) >= 11 is 6.05. The van der Waals surface area contributed by atoms with Crippen molar-refractivity contribution >= 4 is 23.2 Å². The molecule has 1 aromatic carbocycles. The summed E-state index contributed by atoms with van der Waals surface area (Å²) in [5.41, 5.74) is 5.61. The fraction of sp³-hybridized carbons (Fsp3) is 0.300. The molecule has 1 unspecified atom stereocenters. The number of carbonyl (C=O) groups excluding carboxylic acids is 1. The summed E-state index contributed by atoms with van der Waals surface area (Å²) < 4.78 is 1.96. The Labute approximate surface area is 163 Å². The fourth-order valence-electron chi connectivity index (χ4n) is 3.43. The first-order chi connectivity index (χ1) is 13.1. The molecule has 1 amide bonds. The van der Waals surface area contributed by atoms with Gasteiger partial charge in [0.25, 0.3) is 5.91 Å². The number of imidazole rings is 1. The molecule has 140 valence electrons. The van der Waals surface area contributed by atoms with Gasteiger partial charge in [-0.3, -0.25) is 15.1 Å². The lowest BCUT2D eigenvalue weighted by atomic mass is 10.2. The average Bonchev–Trinajstić information content (AvgIpc) is 3.06. The largest absolute Gasteiger partial charge is 0.305 e. The van der Waals surface area contributed by atoms with E-state index in [1.807, 2.05) is 64.3 Å². The molecule has 4 rings (SSSR count). The van der Waals surface area contributed by atoms with Crippen LogP contribution >= 0.6 is 11.6 Å². The van der Waals surface area contributed by atoms with E-state index >= 15 is 0 Å². The van der Waals surface area contributed by atoms with Gasteiger partial charge < -0.3 is 4.40 Å². The third kappa shape index (κ3) is 4.13. The van der Waals surface area contributed by atoms with Crippen molar-refractivity contribution in [1.82, 2.24) is 24.7 Å². The number of pyridine rings is 1. The molecule has 6 nitrogen and oxygen atoms in total. The SMILES string of the molecule is CC1CN(NC(=O)c2ccccc2)CCN1Cc1cn2cc(Cl)ccc2n1. The lowest BCUT2D eigenvalue weighted by Gasteiger charge is -2.39. The average molecular weight is 384 g/mol. The number of nitrogens with zero attached hydrogens (tertiary/aromatic N) is 4. The summed E-state index contributed by atoms with van der Waals surface area (Å²) in [6.07, 6.45) is 3.89. The Morgan fingerprint density at radius 2 is 2.00 bits per heavy atom. The number of halogens is 1. The van der Waals surface area contributed by atoms with Gasteiger partial charge in [0.05, 0.1) is 10.7 Å². The number of fused-ring (bicyclic) bond motifs is 1. The van der Waals surface area contributed by atoms with Gasteiger partial charge in [0.15, 0.2) is 0 Å². The van der Waals surface area contributed by atoms with Crippen LogP contribution in [0.1, 0.15) is 23.0 Å². The summed E-state index contributed by atoms with van der Waals surface area (Å²) in [7, 11) is 0. The Bertz CT molecular complexity index is 942. The first-order valence-electron chi connectivity index (χ1n) is 9.06. The maximum Gasteiger partial charge on any atom is 0.265 e. The van der Waals surface area contributed by atoms with Crippen LogP contribution in [0.5, 0.6) is 0 Å². The minimum atomic E-state index is -0.0616. The molecule has 1 N–H and O–H groups in total. The number of rotatable bonds is 4. The van der Waals surface area contributed by atoms with E-state index in [1.54, 1.807) is 0 Å². The molecule has 0 spiro atoms. The van der Waals surface area contributed by atoms with Crippen LogP contribution in [0.2, 0.25) is 5.02 Å². The highest BCUT2D eigenvalue weighted by Gasteiger charge is 2.25. The van der Waals surface area contributed by atoms with Crippen molar-refractivity contribution < 1.29 is 4.79 Å². The van der Waals surface area contributed by atoms with E-state index in [0.29, 0.717) is 16.6 Å². The summed E-state index contributed by atoms with van der Waals surface area (Å²) in [6.45, 7) is 5.37. The first kappa shape index (κ1) is 18.0. The van der Waals surface area contributed by atoms with Crippen LogP contribution in [0, 0.1) is 0 Å². The predicted octanol–water partition coefficient (Wildman–Crippen LogP) is 2.84. The van der Waals surface area contributed by atoms with Gasteiger partial charge in [-0.2, -0.15) is 0 Å². The van der Waals surface area contributed by atoms with Crippen LogP contribution in [0.25, 0.3) is 5.65 Å². The number of nitrogens with one attached hydrogen (secondary N) is 1. The molecule has 27 heavy (non-hydrogen) atoms. The topological polar surface area (TPSA) is 52.9 Å². The van der Waals surface area contributed by atoms with Gasteiger partial charge in [-0.1, -0.05) is 29.8 Å². The third-order valence-electron chi connectivity index (χ3n) is 4.89. The molecule has 1 fully saturated rings. The molecule has 0 bridgehead atoms. The Hall–Kier alpha value is -2.41. The molecule has 3 aromatic rings. The van der Waals surface area contributed by atoms with Crippen LogP contribution in [0.15, 0.2) is 54.9 Å². The van der Waals surface area contributed by atoms with Crippen LogP contribution in [0.4, 0.5) is 0 Å². The molecular weight excluding hydrogens is 362 g/mol. The van der Waals surface area contributed by atoms with Crippen LogP contribution in [-0.4, -0.2) is 50.9 Å². The Morgan fingerprint density at radius 3 is 2.78 bits per heavy atom. The van der Waals surface area contributed by atoms with E-state index in [-0.39, 0.29) is 5.91 Å². The lowest BCUT2D eigenvalue weighted by Crippen LogP contribution is -2.57. The van der Waals surface area contributed by atoms with Gasteiger partial charge >= 0.3 is 0 Å². The quantitative estimate of drug-likeness (QED) is 0.752. The summed E-state index contributed by atoms with van der Waals surface area (Å²) in [5, 5.41) is 2.70. The minimum absolute atomic E-state index is 0.0616. The van der Waals surface area contributed by atoms with Crippen molar-refractivity contribution in [3.63, 3.8) is 0 Å². The van der Waals surface area contributed by atoms with E-state index in [2.05, 4.69) is 22.2 Å². The second-order valence-electron chi connectivity index (χ2n) is 6.92. The lowest BCUT2D eigenvalue weighted by molar-refractivity contribution is 0.0382. The van der Waals surface area contributed by atoms with Gasteiger partial charge in [-0.15, -0.1) is 0 Å². The molecular formula is C20H22ClN5O. The van der Waals surface area contributed by atoms with Gasteiger partial charge in [0, 0.05) is 50.2 Å². The molecule has 1 aliphatic heterocycles. The second kappa shape index (κ2) is 7.68. The van der Waals surface area contributed by atoms with Crippen LogP contribution in [0.3, 0.4) is 0 Å². The Balaban J connectivity index is 1.36. The fourth-order valence-corrected chi connectivity index (χ4v) is 3.60. The third-order valence-corrected chi connectivity index (χ3v) is 5.11. The maximum atomic E-state index is 12.3. The molecule has 3 heterocycles. The number of hydrogen-bond acceptors (Lipinski definition) is 4. The summed E-state index contributed by atoms with van der Waals surface area (Å²) in [6, 6.07) is 13.4. The Kier molecular flexibility index (Phi) is 5.11. The van der Waals surface area contributed by atoms with Crippen molar-refractivity contribution in [2.45, 2.75) is 19.5 Å². The van der Waals surface area contributed by atoms with Crippen LogP contribution in [-0.2, 0) is 6.54 Å². The van der Waals surface area contributed by atoms with Crippen molar-refractivity contribution in [2.75, 3.05) is 19.6 Å². The van der Waals surface area contributed by atoms with Crippen molar-refractivity contribution in [1.29, 1.82) is 0 Å².